The fourth-order valence-corrected chi connectivity index (χ4v) is 3.60. The topological polar surface area (TPSA) is 44.5 Å². The molecule has 0 radical (unpaired) electrons. The molecule has 1 aliphatic rings. The Kier molecular flexibility index (Phi) is 4.92. The number of benzene rings is 1. The van der Waals surface area contributed by atoms with Gasteiger partial charge in [-0.05, 0) is 36.1 Å². The summed E-state index contributed by atoms with van der Waals surface area (Å²) in [5.74, 6) is 1.94. The second kappa shape index (κ2) is 6.45. The first-order valence-electron chi connectivity index (χ1n) is 6.29. The van der Waals surface area contributed by atoms with Crippen LogP contribution < -0.4 is 10.5 Å². The average molecular weight is 267 g/mol. The number of ether oxygens (including phenoxy) is 2. The molecule has 0 bridgehead atoms. The highest BCUT2D eigenvalue weighted by Crippen LogP contribution is 2.36. The van der Waals surface area contributed by atoms with Crippen molar-refractivity contribution in [3.8, 4) is 5.75 Å². The van der Waals surface area contributed by atoms with Crippen molar-refractivity contribution < 1.29 is 9.47 Å². The highest BCUT2D eigenvalue weighted by molar-refractivity contribution is 7.99. The Hall–Kier alpha value is -0.710. The minimum absolute atomic E-state index is 0.126. The van der Waals surface area contributed by atoms with Crippen LogP contribution in [-0.2, 0) is 11.2 Å². The maximum Gasteiger partial charge on any atom is 0.119 e. The zero-order valence-electron chi connectivity index (χ0n) is 11.0. The van der Waals surface area contributed by atoms with Crippen LogP contribution in [0, 0.1) is 0 Å². The van der Waals surface area contributed by atoms with Crippen molar-refractivity contribution in [3.63, 3.8) is 0 Å². The molecule has 2 atom stereocenters. The molecule has 2 N–H and O–H groups in total. The minimum Gasteiger partial charge on any atom is -0.497 e. The predicted octanol–water partition coefficient (Wildman–Crippen LogP) is 2.39. The first-order chi connectivity index (χ1) is 8.76. The molecule has 100 valence electrons. The molecule has 0 aliphatic heterocycles. The normalized spacial score (nSPS) is 22.6. The minimum atomic E-state index is 0.126. The maximum atomic E-state index is 6.36. The number of hydrogen-bond donors (Lipinski definition) is 1. The van der Waals surface area contributed by atoms with E-state index in [1.807, 2.05) is 17.8 Å². The van der Waals surface area contributed by atoms with Crippen LogP contribution in [0.5, 0.6) is 5.75 Å². The summed E-state index contributed by atoms with van der Waals surface area (Å²) in [7, 11) is 3.44. The molecule has 1 aromatic rings. The zero-order chi connectivity index (χ0) is 13.0. The number of thioether (sulfide) groups is 1. The Balaban J connectivity index is 2.06. The quantitative estimate of drug-likeness (QED) is 0.832. The molecule has 0 saturated carbocycles. The van der Waals surface area contributed by atoms with Crippen LogP contribution >= 0.6 is 11.8 Å². The van der Waals surface area contributed by atoms with Crippen LogP contribution in [0.25, 0.3) is 0 Å². The first-order valence-corrected chi connectivity index (χ1v) is 7.34. The van der Waals surface area contributed by atoms with E-state index in [4.69, 9.17) is 15.2 Å². The number of fused-ring (bicyclic) bond motifs is 1. The molecule has 0 heterocycles. The first kappa shape index (κ1) is 13.7. The van der Waals surface area contributed by atoms with Gasteiger partial charge in [0, 0.05) is 24.2 Å². The lowest BCUT2D eigenvalue weighted by atomic mass is 9.87. The van der Waals surface area contributed by atoms with Gasteiger partial charge in [-0.2, -0.15) is 11.8 Å². The van der Waals surface area contributed by atoms with Crippen LogP contribution in [0.4, 0.5) is 0 Å². The molecule has 1 aromatic carbocycles. The van der Waals surface area contributed by atoms with Crippen LogP contribution in [-0.4, -0.2) is 31.8 Å². The van der Waals surface area contributed by atoms with Crippen molar-refractivity contribution in [1.29, 1.82) is 0 Å². The summed E-state index contributed by atoms with van der Waals surface area (Å²) in [4.78, 5) is 0. The van der Waals surface area contributed by atoms with Gasteiger partial charge in [0.25, 0.3) is 0 Å². The van der Waals surface area contributed by atoms with E-state index in [1.165, 1.54) is 11.1 Å². The summed E-state index contributed by atoms with van der Waals surface area (Å²) in [5, 5.41) is 0.501. The van der Waals surface area contributed by atoms with Gasteiger partial charge in [-0.3, -0.25) is 0 Å². The molecule has 3 nitrogen and oxygen atoms in total. The van der Waals surface area contributed by atoms with Crippen molar-refractivity contribution in [2.75, 3.05) is 26.6 Å². The average Bonchev–Trinajstić information content (AvgIpc) is 2.41. The van der Waals surface area contributed by atoms with Crippen LogP contribution in [0.2, 0.25) is 0 Å². The van der Waals surface area contributed by atoms with Crippen molar-refractivity contribution in [2.45, 2.75) is 24.1 Å². The number of hydrogen-bond acceptors (Lipinski definition) is 4. The van der Waals surface area contributed by atoms with E-state index in [2.05, 4.69) is 12.1 Å². The molecule has 0 saturated heterocycles. The lowest BCUT2D eigenvalue weighted by molar-refractivity contribution is 0.218. The van der Waals surface area contributed by atoms with Crippen molar-refractivity contribution in [2.24, 2.45) is 5.73 Å². The fourth-order valence-electron chi connectivity index (χ4n) is 2.40. The van der Waals surface area contributed by atoms with E-state index in [1.54, 1.807) is 14.2 Å². The molecule has 18 heavy (non-hydrogen) atoms. The van der Waals surface area contributed by atoms with E-state index < -0.39 is 0 Å². The SMILES string of the molecule is COCCSC1CCc2cc(OC)ccc2C1N. The van der Waals surface area contributed by atoms with Gasteiger partial charge in [-0.25, -0.2) is 0 Å². The second-order valence-corrected chi connectivity index (χ2v) is 5.88. The Morgan fingerprint density at radius 2 is 2.22 bits per heavy atom. The largest absolute Gasteiger partial charge is 0.497 e. The van der Waals surface area contributed by atoms with E-state index in [-0.39, 0.29) is 6.04 Å². The third-order valence-corrected chi connectivity index (χ3v) is 4.79. The maximum absolute atomic E-state index is 6.36. The van der Waals surface area contributed by atoms with E-state index in [0.29, 0.717) is 5.25 Å². The number of nitrogens with two attached hydrogens (primary N) is 1. The monoisotopic (exact) mass is 267 g/mol. The summed E-state index contributed by atoms with van der Waals surface area (Å²) in [6.45, 7) is 0.795. The molecule has 0 aromatic heterocycles. The Labute approximate surface area is 113 Å². The molecule has 2 rings (SSSR count). The molecular weight excluding hydrogens is 246 g/mol. The smallest absolute Gasteiger partial charge is 0.119 e. The Bertz CT molecular complexity index is 397. The van der Waals surface area contributed by atoms with E-state index in [0.717, 1.165) is 31.0 Å². The van der Waals surface area contributed by atoms with Gasteiger partial charge < -0.3 is 15.2 Å². The van der Waals surface area contributed by atoms with Crippen LogP contribution in [0.15, 0.2) is 18.2 Å². The number of rotatable bonds is 5. The Morgan fingerprint density at radius 3 is 2.94 bits per heavy atom. The van der Waals surface area contributed by atoms with Gasteiger partial charge in [0.05, 0.1) is 13.7 Å². The number of methoxy groups -OCH3 is 2. The summed E-state index contributed by atoms with van der Waals surface area (Å²) < 4.78 is 10.3. The fraction of sp³-hybridized carbons (Fsp3) is 0.571. The van der Waals surface area contributed by atoms with Gasteiger partial charge in [0.2, 0.25) is 0 Å². The molecule has 2 unspecified atom stereocenters. The molecule has 0 spiro atoms. The van der Waals surface area contributed by atoms with Crippen molar-refractivity contribution in [1.82, 2.24) is 0 Å². The van der Waals surface area contributed by atoms with Crippen LogP contribution in [0.3, 0.4) is 0 Å². The van der Waals surface area contributed by atoms with Gasteiger partial charge >= 0.3 is 0 Å². The second-order valence-electron chi connectivity index (χ2n) is 4.53. The summed E-state index contributed by atoms with van der Waals surface area (Å²) in [6.07, 6.45) is 2.22. The van der Waals surface area contributed by atoms with Crippen LogP contribution in [0.1, 0.15) is 23.6 Å². The van der Waals surface area contributed by atoms with Gasteiger partial charge in [-0.15, -0.1) is 0 Å². The summed E-state index contributed by atoms with van der Waals surface area (Å²) in [6, 6.07) is 6.36. The molecule has 1 aliphatic carbocycles. The van der Waals surface area contributed by atoms with E-state index in [9.17, 15) is 0 Å². The van der Waals surface area contributed by atoms with Crippen molar-refractivity contribution >= 4 is 11.8 Å². The highest BCUT2D eigenvalue weighted by atomic mass is 32.2. The molecule has 0 fully saturated rings. The standard InChI is InChI=1S/C14H21NO2S/c1-16-7-8-18-13-6-3-10-9-11(17-2)4-5-12(10)14(13)15/h4-5,9,13-14H,3,6-8,15H2,1-2H3. The highest BCUT2D eigenvalue weighted by Gasteiger charge is 2.27. The predicted molar refractivity (Wildman–Crippen MR) is 76.4 cm³/mol. The molecule has 0 amide bonds. The van der Waals surface area contributed by atoms with Gasteiger partial charge in [-0.1, -0.05) is 6.07 Å². The summed E-state index contributed by atoms with van der Waals surface area (Å²) >= 11 is 1.92. The molecule has 4 heteroatoms. The molecular formula is C14H21NO2S. The number of aryl methyl sites for hydroxylation is 1. The Morgan fingerprint density at radius 1 is 1.39 bits per heavy atom. The van der Waals surface area contributed by atoms with Gasteiger partial charge in [0.15, 0.2) is 0 Å². The third kappa shape index (κ3) is 2.99. The summed E-state index contributed by atoms with van der Waals surface area (Å²) in [5.41, 5.74) is 8.98. The lowest BCUT2D eigenvalue weighted by Crippen LogP contribution is -2.30. The van der Waals surface area contributed by atoms with Crippen molar-refractivity contribution in [3.05, 3.63) is 29.3 Å². The lowest BCUT2D eigenvalue weighted by Gasteiger charge is -2.30. The van der Waals surface area contributed by atoms with E-state index >= 15 is 0 Å². The third-order valence-electron chi connectivity index (χ3n) is 3.43. The zero-order valence-corrected chi connectivity index (χ0v) is 11.8. The van der Waals surface area contributed by atoms with Gasteiger partial charge in [0.1, 0.15) is 5.75 Å².